The van der Waals surface area contributed by atoms with Crippen molar-refractivity contribution in [3.8, 4) is 11.3 Å². The predicted molar refractivity (Wildman–Crippen MR) is 89.6 cm³/mol. The van der Waals surface area contributed by atoms with Crippen LogP contribution >= 0.6 is 23.2 Å². The van der Waals surface area contributed by atoms with Crippen LogP contribution in [-0.4, -0.2) is 11.1 Å². The first kappa shape index (κ1) is 15.6. The molecule has 0 atom stereocenters. The van der Waals surface area contributed by atoms with Gasteiger partial charge in [0.2, 0.25) is 0 Å². The van der Waals surface area contributed by atoms with E-state index in [-0.39, 0.29) is 18.0 Å². The molecule has 2 aromatic carbocycles. The summed E-state index contributed by atoms with van der Waals surface area (Å²) in [5.74, 6) is 0.287. The number of nitrogens with one attached hydrogen (secondary N) is 1. The number of hydrogen-bond donors (Lipinski definition) is 1. The second-order valence-electron chi connectivity index (χ2n) is 4.83. The number of halogens is 2. The highest BCUT2D eigenvalue weighted by atomic mass is 35.5. The molecule has 1 heterocycles. The number of amides is 1. The van der Waals surface area contributed by atoms with Crippen LogP contribution in [0.15, 0.2) is 59.1 Å². The molecule has 4 nitrogen and oxygen atoms in total. The summed E-state index contributed by atoms with van der Waals surface area (Å²) >= 11 is 12.0. The molecule has 6 heteroatoms. The first-order chi connectivity index (χ1) is 11.1. The lowest BCUT2D eigenvalue weighted by Gasteiger charge is -2.06. The summed E-state index contributed by atoms with van der Waals surface area (Å²) in [6.07, 6.45) is 0. The van der Waals surface area contributed by atoms with Crippen molar-refractivity contribution >= 4 is 29.1 Å². The van der Waals surface area contributed by atoms with Crippen molar-refractivity contribution in [2.45, 2.75) is 6.54 Å². The van der Waals surface area contributed by atoms with Crippen molar-refractivity contribution in [3.05, 3.63) is 75.9 Å². The van der Waals surface area contributed by atoms with E-state index >= 15 is 0 Å². The van der Waals surface area contributed by atoms with Gasteiger partial charge >= 0.3 is 0 Å². The van der Waals surface area contributed by atoms with Crippen LogP contribution in [0, 0.1) is 0 Å². The third-order valence-electron chi connectivity index (χ3n) is 3.24. The average Bonchev–Trinajstić information content (AvgIpc) is 3.02. The van der Waals surface area contributed by atoms with E-state index in [0.29, 0.717) is 21.5 Å². The minimum Gasteiger partial charge on any atom is -0.356 e. The van der Waals surface area contributed by atoms with Gasteiger partial charge < -0.3 is 9.84 Å². The SMILES string of the molecule is O=C(NCc1cc(-c2ccccc2)on1)c1c(Cl)cccc1Cl. The average molecular weight is 347 g/mol. The van der Waals surface area contributed by atoms with E-state index < -0.39 is 0 Å². The van der Waals surface area contributed by atoms with Crippen molar-refractivity contribution in [2.75, 3.05) is 0 Å². The monoisotopic (exact) mass is 346 g/mol. The minimum absolute atomic E-state index is 0.219. The zero-order valence-electron chi connectivity index (χ0n) is 11.9. The van der Waals surface area contributed by atoms with Crippen LogP contribution in [0.4, 0.5) is 0 Å². The molecule has 116 valence electrons. The zero-order valence-corrected chi connectivity index (χ0v) is 13.4. The Balaban J connectivity index is 1.70. The molecule has 23 heavy (non-hydrogen) atoms. The van der Waals surface area contributed by atoms with Gasteiger partial charge in [-0.1, -0.05) is 64.8 Å². The largest absolute Gasteiger partial charge is 0.356 e. The van der Waals surface area contributed by atoms with Gasteiger partial charge in [0.05, 0.1) is 22.2 Å². The minimum atomic E-state index is -0.357. The van der Waals surface area contributed by atoms with E-state index in [1.165, 1.54) is 0 Å². The molecule has 1 aromatic heterocycles. The van der Waals surface area contributed by atoms with E-state index in [2.05, 4.69) is 10.5 Å². The first-order valence-electron chi connectivity index (χ1n) is 6.88. The molecule has 0 bridgehead atoms. The molecule has 0 radical (unpaired) electrons. The lowest BCUT2D eigenvalue weighted by atomic mass is 10.1. The Bertz CT molecular complexity index is 811. The van der Waals surface area contributed by atoms with Crippen molar-refractivity contribution in [2.24, 2.45) is 0 Å². The summed E-state index contributed by atoms with van der Waals surface area (Å²) in [5, 5.41) is 7.29. The Kier molecular flexibility index (Phi) is 4.65. The van der Waals surface area contributed by atoms with Gasteiger partial charge in [-0.15, -0.1) is 0 Å². The lowest BCUT2D eigenvalue weighted by Crippen LogP contribution is -2.23. The number of carbonyl (C=O) groups excluding carboxylic acids is 1. The second-order valence-corrected chi connectivity index (χ2v) is 5.64. The number of rotatable bonds is 4. The lowest BCUT2D eigenvalue weighted by molar-refractivity contribution is 0.0950. The topological polar surface area (TPSA) is 55.1 Å². The Labute approximate surface area is 143 Å². The number of aromatic nitrogens is 1. The maximum Gasteiger partial charge on any atom is 0.254 e. The molecule has 0 fully saturated rings. The van der Waals surface area contributed by atoms with Crippen LogP contribution in [0.3, 0.4) is 0 Å². The van der Waals surface area contributed by atoms with E-state index in [9.17, 15) is 4.79 Å². The van der Waals surface area contributed by atoms with Crippen molar-refractivity contribution in [3.63, 3.8) is 0 Å². The molecule has 1 amide bonds. The molecule has 3 rings (SSSR count). The van der Waals surface area contributed by atoms with Gasteiger partial charge in [-0.25, -0.2) is 0 Å². The standard InChI is InChI=1S/C17H12Cl2N2O2/c18-13-7-4-8-14(19)16(13)17(22)20-10-12-9-15(23-21-12)11-5-2-1-3-6-11/h1-9H,10H2,(H,20,22). The molecule has 0 saturated carbocycles. The third-order valence-corrected chi connectivity index (χ3v) is 3.87. The van der Waals surface area contributed by atoms with Crippen molar-refractivity contribution in [1.29, 1.82) is 0 Å². The highest BCUT2D eigenvalue weighted by Gasteiger charge is 2.15. The van der Waals surface area contributed by atoms with Gasteiger partial charge in [-0.3, -0.25) is 4.79 Å². The maximum atomic E-state index is 12.2. The molecule has 0 saturated heterocycles. The summed E-state index contributed by atoms with van der Waals surface area (Å²) < 4.78 is 5.28. The Hall–Kier alpha value is -2.30. The summed E-state index contributed by atoms with van der Waals surface area (Å²) in [6, 6.07) is 16.3. The molecule has 0 aliphatic rings. The molecular weight excluding hydrogens is 335 g/mol. The predicted octanol–water partition coefficient (Wildman–Crippen LogP) is 4.58. The number of hydrogen-bond acceptors (Lipinski definition) is 3. The van der Waals surface area contributed by atoms with Gasteiger partial charge in [0.1, 0.15) is 5.69 Å². The molecule has 0 unspecified atom stereocenters. The van der Waals surface area contributed by atoms with Crippen molar-refractivity contribution < 1.29 is 9.32 Å². The smallest absolute Gasteiger partial charge is 0.254 e. The molecule has 0 aliphatic carbocycles. The van der Waals surface area contributed by atoms with Crippen LogP contribution in [0.2, 0.25) is 10.0 Å². The zero-order chi connectivity index (χ0) is 16.2. The fraction of sp³-hybridized carbons (Fsp3) is 0.0588. The van der Waals surface area contributed by atoms with Crippen LogP contribution < -0.4 is 5.32 Å². The molecular formula is C17H12Cl2N2O2. The molecule has 1 N–H and O–H groups in total. The van der Waals surface area contributed by atoms with E-state index in [1.807, 2.05) is 30.3 Å². The molecule has 3 aromatic rings. The Morgan fingerprint density at radius 1 is 1.04 bits per heavy atom. The van der Waals surface area contributed by atoms with Crippen LogP contribution in [0.1, 0.15) is 16.1 Å². The molecule has 0 aliphatic heterocycles. The summed E-state index contributed by atoms with van der Waals surface area (Å²) in [6.45, 7) is 0.219. The van der Waals surface area contributed by atoms with Gasteiger partial charge in [-0.2, -0.15) is 0 Å². The highest BCUT2D eigenvalue weighted by molar-refractivity contribution is 6.39. The van der Waals surface area contributed by atoms with Gasteiger partial charge in [0.25, 0.3) is 5.91 Å². The fourth-order valence-corrected chi connectivity index (χ4v) is 2.68. The van der Waals surface area contributed by atoms with E-state index in [1.54, 1.807) is 24.3 Å². The Morgan fingerprint density at radius 3 is 2.43 bits per heavy atom. The van der Waals surface area contributed by atoms with Crippen LogP contribution in [0.5, 0.6) is 0 Å². The van der Waals surface area contributed by atoms with Gasteiger partial charge in [0.15, 0.2) is 5.76 Å². The van der Waals surface area contributed by atoms with E-state index in [4.69, 9.17) is 27.7 Å². The quantitative estimate of drug-likeness (QED) is 0.752. The highest BCUT2D eigenvalue weighted by Crippen LogP contribution is 2.24. The van der Waals surface area contributed by atoms with E-state index in [0.717, 1.165) is 5.56 Å². The Morgan fingerprint density at radius 2 is 1.74 bits per heavy atom. The van der Waals surface area contributed by atoms with Crippen molar-refractivity contribution in [1.82, 2.24) is 10.5 Å². The van der Waals surface area contributed by atoms with Gasteiger partial charge in [-0.05, 0) is 12.1 Å². The van der Waals surface area contributed by atoms with Gasteiger partial charge in [0, 0.05) is 11.6 Å². The fourth-order valence-electron chi connectivity index (χ4n) is 2.11. The second kappa shape index (κ2) is 6.86. The molecule has 0 spiro atoms. The summed E-state index contributed by atoms with van der Waals surface area (Å²) in [5.41, 5.74) is 1.79. The third kappa shape index (κ3) is 3.55. The number of carbonyl (C=O) groups is 1. The number of benzene rings is 2. The maximum absolute atomic E-state index is 12.2. The van der Waals surface area contributed by atoms with Crippen LogP contribution in [0.25, 0.3) is 11.3 Å². The summed E-state index contributed by atoms with van der Waals surface area (Å²) in [4.78, 5) is 12.2. The van der Waals surface area contributed by atoms with Crippen LogP contribution in [-0.2, 0) is 6.54 Å². The number of nitrogens with zero attached hydrogens (tertiary/aromatic N) is 1. The summed E-state index contributed by atoms with van der Waals surface area (Å²) in [7, 11) is 0. The first-order valence-corrected chi connectivity index (χ1v) is 7.64. The normalized spacial score (nSPS) is 10.5.